The molecule has 6 heteroatoms. The Kier molecular flexibility index (Phi) is 7.01. The fraction of sp³-hybridized carbons (Fsp3) is 0.389. The van der Waals surface area contributed by atoms with E-state index in [0.29, 0.717) is 24.4 Å². The molecule has 0 saturated carbocycles. The second-order valence-electron chi connectivity index (χ2n) is 5.30. The van der Waals surface area contributed by atoms with Gasteiger partial charge in [0.1, 0.15) is 0 Å². The Bertz CT molecular complexity index is 710. The van der Waals surface area contributed by atoms with Crippen LogP contribution in [0.1, 0.15) is 33.1 Å². The van der Waals surface area contributed by atoms with E-state index in [1.54, 1.807) is 16.9 Å². The lowest BCUT2D eigenvalue weighted by molar-refractivity contribution is 0.249. The molecule has 0 unspecified atom stereocenters. The number of hydrogen-bond acceptors (Lipinski definition) is 3. The SMILES string of the molecule is CCCCCOc1cc(=NC(=O)NCC)cnn1-c1ccccc1. The average molecular weight is 328 g/mol. The Morgan fingerprint density at radius 3 is 2.75 bits per heavy atom. The molecule has 1 aromatic heterocycles. The van der Waals surface area contributed by atoms with Crippen molar-refractivity contribution in [2.75, 3.05) is 13.2 Å². The highest BCUT2D eigenvalue weighted by atomic mass is 16.5. The molecule has 1 N–H and O–H groups in total. The molecule has 2 rings (SSSR count). The van der Waals surface area contributed by atoms with E-state index in [2.05, 4.69) is 22.3 Å². The number of benzene rings is 1. The zero-order chi connectivity index (χ0) is 17.2. The maximum Gasteiger partial charge on any atom is 0.341 e. The van der Waals surface area contributed by atoms with Crippen molar-refractivity contribution in [3.05, 3.63) is 48.0 Å². The van der Waals surface area contributed by atoms with E-state index in [1.807, 2.05) is 37.3 Å². The summed E-state index contributed by atoms with van der Waals surface area (Å²) in [7, 11) is 0. The molecule has 0 aliphatic heterocycles. The fourth-order valence-electron chi connectivity index (χ4n) is 2.16. The van der Waals surface area contributed by atoms with Crippen molar-refractivity contribution < 1.29 is 9.53 Å². The van der Waals surface area contributed by atoms with Gasteiger partial charge in [0.2, 0.25) is 5.88 Å². The summed E-state index contributed by atoms with van der Waals surface area (Å²) in [6, 6.07) is 11.1. The molecular formula is C18H24N4O2. The van der Waals surface area contributed by atoms with Gasteiger partial charge in [-0.2, -0.15) is 10.1 Å². The van der Waals surface area contributed by atoms with Crippen LogP contribution in [-0.4, -0.2) is 29.0 Å². The monoisotopic (exact) mass is 328 g/mol. The molecule has 0 saturated heterocycles. The molecule has 0 spiro atoms. The summed E-state index contributed by atoms with van der Waals surface area (Å²) in [5, 5.41) is 7.49. The first-order valence-corrected chi connectivity index (χ1v) is 8.34. The number of rotatable bonds is 7. The minimum Gasteiger partial charge on any atom is -0.478 e. The second kappa shape index (κ2) is 9.50. The predicted molar refractivity (Wildman–Crippen MR) is 93.2 cm³/mol. The maximum absolute atomic E-state index is 11.6. The van der Waals surface area contributed by atoms with Gasteiger partial charge in [-0.1, -0.05) is 38.0 Å². The van der Waals surface area contributed by atoms with Gasteiger partial charge in [-0.25, -0.2) is 9.48 Å². The van der Waals surface area contributed by atoms with Gasteiger partial charge < -0.3 is 10.1 Å². The average Bonchev–Trinajstić information content (AvgIpc) is 2.60. The largest absolute Gasteiger partial charge is 0.478 e. The normalized spacial score (nSPS) is 11.3. The van der Waals surface area contributed by atoms with Crippen LogP contribution in [0.3, 0.4) is 0 Å². The van der Waals surface area contributed by atoms with Crippen LogP contribution >= 0.6 is 0 Å². The number of ether oxygens (including phenoxy) is 1. The first-order chi connectivity index (χ1) is 11.7. The molecule has 128 valence electrons. The number of nitrogens with zero attached hydrogens (tertiary/aromatic N) is 3. The van der Waals surface area contributed by atoms with Gasteiger partial charge >= 0.3 is 6.03 Å². The number of carbonyl (C=O) groups is 1. The van der Waals surface area contributed by atoms with Gasteiger partial charge in [0.25, 0.3) is 0 Å². The molecule has 0 radical (unpaired) electrons. The van der Waals surface area contributed by atoms with Gasteiger partial charge in [0.05, 0.1) is 23.8 Å². The summed E-state index contributed by atoms with van der Waals surface area (Å²) in [5.41, 5.74) is 0.896. The quantitative estimate of drug-likeness (QED) is 0.794. The molecule has 0 aliphatic carbocycles. The third-order valence-corrected chi connectivity index (χ3v) is 3.34. The lowest BCUT2D eigenvalue weighted by atomic mass is 10.3. The number of hydrogen-bond donors (Lipinski definition) is 1. The topological polar surface area (TPSA) is 68.5 Å². The van der Waals surface area contributed by atoms with Gasteiger partial charge in [-0.15, -0.1) is 0 Å². The van der Waals surface area contributed by atoms with Crippen LogP contribution in [0.2, 0.25) is 0 Å². The van der Waals surface area contributed by atoms with E-state index < -0.39 is 0 Å². The van der Waals surface area contributed by atoms with Crippen molar-refractivity contribution in [2.45, 2.75) is 33.1 Å². The summed E-state index contributed by atoms with van der Waals surface area (Å²) in [4.78, 5) is 15.6. The smallest absolute Gasteiger partial charge is 0.341 e. The number of para-hydroxylation sites is 1. The number of nitrogens with one attached hydrogen (secondary N) is 1. The van der Waals surface area contributed by atoms with E-state index in [9.17, 15) is 4.79 Å². The van der Waals surface area contributed by atoms with Crippen LogP contribution < -0.4 is 15.4 Å². The predicted octanol–water partition coefficient (Wildman–Crippen LogP) is 3.07. The summed E-state index contributed by atoms with van der Waals surface area (Å²) >= 11 is 0. The van der Waals surface area contributed by atoms with E-state index in [4.69, 9.17) is 4.74 Å². The third-order valence-electron chi connectivity index (χ3n) is 3.34. The molecule has 2 aromatic rings. The number of amides is 2. The van der Waals surface area contributed by atoms with Gasteiger partial charge in [0.15, 0.2) is 0 Å². The summed E-state index contributed by atoms with van der Waals surface area (Å²) in [5.74, 6) is 0.572. The van der Waals surface area contributed by atoms with Gasteiger partial charge in [-0.05, 0) is 25.5 Å². The van der Waals surface area contributed by atoms with E-state index in [-0.39, 0.29) is 6.03 Å². The Morgan fingerprint density at radius 2 is 2.04 bits per heavy atom. The number of carbonyl (C=O) groups excluding carboxylic acids is 1. The maximum atomic E-state index is 11.6. The molecule has 2 amide bonds. The first kappa shape index (κ1) is 17.7. The lowest BCUT2D eigenvalue weighted by Gasteiger charge is -2.13. The minimum atomic E-state index is -0.381. The number of urea groups is 1. The van der Waals surface area contributed by atoms with Crippen LogP contribution in [0.5, 0.6) is 5.88 Å². The summed E-state index contributed by atoms with van der Waals surface area (Å²) in [6.45, 7) is 5.14. The highest BCUT2D eigenvalue weighted by Gasteiger charge is 2.06. The fourth-order valence-corrected chi connectivity index (χ4v) is 2.16. The van der Waals surface area contributed by atoms with Gasteiger partial charge in [0, 0.05) is 12.6 Å². The molecule has 6 nitrogen and oxygen atoms in total. The third kappa shape index (κ3) is 5.22. The van der Waals surface area contributed by atoms with E-state index in [0.717, 1.165) is 24.9 Å². The molecule has 24 heavy (non-hydrogen) atoms. The standard InChI is InChI=1S/C18H24N4O2/c1-3-5-9-12-24-17-13-15(21-18(23)19-4-2)14-20-22(17)16-10-7-6-8-11-16/h6-8,10-11,13-14H,3-5,9,12H2,1-2H3,(H,19,23). The Hall–Kier alpha value is -2.63. The van der Waals surface area contributed by atoms with Crippen LogP contribution in [0, 0.1) is 0 Å². The summed E-state index contributed by atoms with van der Waals surface area (Å²) < 4.78 is 7.60. The van der Waals surface area contributed by atoms with E-state index in [1.165, 1.54) is 0 Å². The Morgan fingerprint density at radius 1 is 1.25 bits per heavy atom. The molecular weight excluding hydrogens is 304 g/mol. The van der Waals surface area contributed by atoms with E-state index >= 15 is 0 Å². The lowest BCUT2D eigenvalue weighted by Crippen LogP contribution is -2.22. The molecule has 0 fully saturated rings. The molecule has 1 heterocycles. The van der Waals surface area contributed by atoms with Crippen LogP contribution in [0.25, 0.3) is 5.69 Å². The molecule has 0 bridgehead atoms. The second-order valence-corrected chi connectivity index (χ2v) is 5.30. The van der Waals surface area contributed by atoms with Crippen molar-refractivity contribution >= 4 is 6.03 Å². The van der Waals surface area contributed by atoms with Crippen LogP contribution in [0.4, 0.5) is 4.79 Å². The van der Waals surface area contributed by atoms with Crippen LogP contribution in [-0.2, 0) is 0 Å². The van der Waals surface area contributed by atoms with Crippen molar-refractivity contribution in [1.29, 1.82) is 0 Å². The number of unbranched alkanes of at least 4 members (excludes halogenated alkanes) is 2. The Balaban J connectivity index is 2.31. The zero-order valence-corrected chi connectivity index (χ0v) is 14.2. The van der Waals surface area contributed by atoms with Crippen LogP contribution in [0.15, 0.2) is 47.6 Å². The minimum absolute atomic E-state index is 0.381. The highest BCUT2D eigenvalue weighted by Crippen LogP contribution is 2.14. The Labute approximate surface area is 142 Å². The zero-order valence-electron chi connectivity index (χ0n) is 14.2. The van der Waals surface area contributed by atoms with Gasteiger partial charge in [-0.3, -0.25) is 0 Å². The molecule has 0 aliphatic rings. The van der Waals surface area contributed by atoms with Crippen molar-refractivity contribution in [2.24, 2.45) is 4.99 Å². The highest BCUT2D eigenvalue weighted by molar-refractivity contribution is 5.74. The molecule has 0 atom stereocenters. The van der Waals surface area contributed by atoms with Crippen molar-refractivity contribution in [3.63, 3.8) is 0 Å². The summed E-state index contributed by atoms with van der Waals surface area (Å²) in [6.07, 6.45) is 4.78. The molecule has 1 aromatic carbocycles. The van der Waals surface area contributed by atoms with Crippen molar-refractivity contribution in [3.8, 4) is 11.6 Å². The first-order valence-electron chi connectivity index (χ1n) is 8.34. The number of aromatic nitrogens is 2. The van der Waals surface area contributed by atoms with Crippen molar-refractivity contribution in [1.82, 2.24) is 15.1 Å².